The smallest absolute Gasteiger partial charge is 0.408 e. The summed E-state index contributed by atoms with van der Waals surface area (Å²) in [5.41, 5.74) is 1.62. The van der Waals surface area contributed by atoms with E-state index in [4.69, 9.17) is 9.57 Å². The van der Waals surface area contributed by atoms with E-state index in [1.807, 2.05) is 30.3 Å². The number of benzene rings is 2. The van der Waals surface area contributed by atoms with Crippen LogP contribution in [0.15, 0.2) is 59.8 Å². The van der Waals surface area contributed by atoms with E-state index in [0.717, 1.165) is 11.1 Å². The number of rotatable bonds is 8. The number of carbonyl (C=O) groups excluding carboxylic acids is 2. The quantitative estimate of drug-likeness (QED) is 0.543. The molecule has 3 N–H and O–H groups in total. The molecule has 2 aromatic carbocycles. The zero-order chi connectivity index (χ0) is 21.3. The van der Waals surface area contributed by atoms with Crippen LogP contribution in [0.3, 0.4) is 0 Å². The van der Waals surface area contributed by atoms with E-state index in [1.165, 1.54) is 12.1 Å². The normalized spacial score (nSPS) is 16.2. The minimum Gasteiger partial charge on any atom is -0.508 e. The highest BCUT2D eigenvalue weighted by atomic mass is 79.9. The van der Waals surface area contributed by atoms with Gasteiger partial charge in [0.15, 0.2) is 6.10 Å². The molecule has 0 aromatic heterocycles. The number of hydrogen-bond acceptors (Lipinski definition) is 6. The van der Waals surface area contributed by atoms with Gasteiger partial charge in [-0.05, 0) is 39.2 Å². The molecule has 0 radical (unpaired) electrons. The number of phenolic OH excluding ortho intramolecular Hbond substituents is 1. The number of nitrogens with zero attached hydrogens (tertiary/aromatic N) is 1. The second-order valence-electron chi connectivity index (χ2n) is 6.77. The molecule has 2 atom stereocenters. The highest BCUT2D eigenvalue weighted by molar-refractivity contribution is 9.18. The second kappa shape index (κ2) is 10.6. The van der Waals surface area contributed by atoms with E-state index < -0.39 is 12.1 Å². The number of aromatic hydroxyl groups is 1. The average molecular weight is 476 g/mol. The van der Waals surface area contributed by atoms with Crippen LogP contribution in [0.1, 0.15) is 17.5 Å². The van der Waals surface area contributed by atoms with Gasteiger partial charge in [0, 0.05) is 12.8 Å². The summed E-state index contributed by atoms with van der Waals surface area (Å²) < 4.78 is 5.92. The Morgan fingerprint density at radius 2 is 1.90 bits per heavy atom. The minimum absolute atomic E-state index is 0.0987. The zero-order valence-electron chi connectivity index (χ0n) is 16.1. The molecule has 9 heteroatoms. The van der Waals surface area contributed by atoms with Gasteiger partial charge in [-0.15, -0.1) is 0 Å². The van der Waals surface area contributed by atoms with Crippen molar-refractivity contribution in [1.82, 2.24) is 10.6 Å². The van der Waals surface area contributed by atoms with E-state index in [-0.39, 0.29) is 37.3 Å². The molecule has 2 aromatic rings. The predicted octanol–water partition coefficient (Wildman–Crippen LogP) is 2.84. The molecule has 1 aliphatic heterocycles. The largest absolute Gasteiger partial charge is 0.508 e. The topological polar surface area (TPSA) is 109 Å². The number of phenols is 1. The molecule has 158 valence electrons. The maximum absolute atomic E-state index is 12.7. The van der Waals surface area contributed by atoms with Crippen molar-refractivity contribution in [2.45, 2.75) is 31.6 Å². The van der Waals surface area contributed by atoms with Crippen LogP contribution in [0.5, 0.6) is 5.75 Å². The molecule has 30 heavy (non-hydrogen) atoms. The number of ether oxygens (including phenoxy) is 1. The predicted molar refractivity (Wildman–Crippen MR) is 114 cm³/mol. The van der Waals surface area contributed by atoms with Gasteiger partial charge < -0.3 is 25.3 Å². The maximum Gasteiger partial charge on any atom is 0.408 e. The van der Waals surface area contributed by atoms with Crippen LogP contribution in [-0.4, -0.2) is 40.4 Å². The third-order valence-electron chi connectivity index (χ3n) is 4.40. The molecule has 8 nitrogen and oxygen atoms in total. The summed E-state index contributed by atoms with van der Waals surface area (Å²) in [7, 11) is 0. The number of oxime groups is 1. The summed E-state index contributed by atoms with van der Waals surface area (Å²) in [5.74, 6) is -0.245. The highest BCUT2D eigenvalue weighted by Crippen LogP contribution is 2.14. The number of amides is 2. The summed E-state index contributed by atoms with van der Waals surface area (Å²) in [4.78, 5) is 30.2. The SMILES string of the molecule is O=C(N[C@@H](Cc1ccc(O)cc1)C(=O)NCC1CC(Br)=NO1)OCc1ccccc1. The van der Waals surface area contributed by atoms with Crippen LogP contribution in [0.25, 0.3) is 0 Å². The summed E-state index contributed by atoms with van der Waals surface area (Å²) >= 11 is 3.25. The van der Waals surface area contributed by atoms with Crippen molar-refractivity contribution in [2.75, 3.05) is 6.54 Å². The van der Waals surface area contributed by atoms with Gasteiger partial charge >= 0.3 is 6.09 Å². The standard InChI is InChI=1S/C21H22BrN3O5/c22-19-11-17(30-25-19)12-23-20(27)18(10-14-6-8-16(26)9-7-14)24-21(28)29-13-15-4-2-1-3-5-15/h1-9,17-18,26H,10-13H2,(H,23,27)(H,24,28)/t17?,18-/m0/s1. The van der Waals surface area contributed by atoms with Crippen molar-refractivity contribution in [3.05, 3.63) is 65.7 Å². The van der Waals surface area contributed by atoms with Crippen LogP contribution in [0, 0.1) is 0 Å². The third kappa shape index (κ3) is 6.77. The Labute approximate surface area is 182 Å². The first kappa shape index (κ1) is 21.6. The molecule has 0 saturated heterocycles. The van der Waals surface area contributed by atoms with Gasteiger partial charge in [-0.3, -0.25) is 4.79 Å². The maximum atomic E-state index is 12.7. The van der Waals surface area contributed by atoms with Crippen molar-refractivity contribution in [2.24, 2.45) is 5.16 Å². The zero-order valence-corrected chi connectivity index (χ0v) is 17.7. The second-order valence-corrected chi connectivity index (χ2v) is 7.69. The molecular formula is C21H22BrN3O5. The molecule has 0 aliphatic carbocycles. The number of alkyl carbamates (subject to hydrolysis) is 1. The first-order valence-corrected chi connectivity index (χ1v) is 10.2. The number of nitrogens with one attached hydrogen (secondary N) is 2. The molecule has 1 heterocycles. The van der Waals surface area contributed by atoms with Crippen LogP contribution < -0.4 is 10.6 Å². The van der Waals surface area contributed by atoms with Gasteiger partial charge in [0.2, 0.25) is 5.91 Å². The lowest BCUT2D eigenvalue weighted by atomic mass is 10.0. The van der Waals surface area contributed by atoms with Crippen molar-refractivity contribution in [3.63, 3.8) is 0 Å². The Hall–Kier alpha value is -3.07. The average Bonchev–Trinajstić information content (AvgIpc) is 3.17. The molecule has 0 saturated carbocycles. The Kier molecular flexibility index (Phi) is 7.67. The lowest BCUT2D eigenvalue weighted by molar-refractivity contribution is -0.123. The molecule has 3 rings (SSSR count). The number of hydrogen-bond donors (Lipinski definition) is 3. The Morgan fingerprint density at radius 1 is 1.17 bits per heavy atom. The molecule has 1 aliphatic rings. The summed E-state index contributed by atoms with van der Waals surface area (Å²) in [6, 6.07) is 14.8. The van der Waals surface area contributed by atoms with Crippen molar-refractivity contribution < 1.29 is 24.3 Å². The molecule has 0 bridgehead atoms. The van der Waals surface area contributed by atoms with Crippen molar-refractivity contribution >= 4 is 32.6 Å². The first-order chi connectivity index (χ1) is 14.5. The number of carbonyl (C=O) groups is 2. The monoisotopic (exact) mass is 475 g/mol. The van der Waals surface area contributed by atoms with E-state index >= 15 is 0 Å². The fraction of sp³-hybridized carbons (Fsp3) is 0.286. The molecule has 1 unspecified atom stereocenters. The fourth-order valence-electron chi connectivity index (χ4n) is 2.83. The Bertz CT molecular complexity index is 889. The molecular weight excluding hydrogens is 454 g/mol. The van der Waals surface area contributed by atoms with Crippen LogP contribution in [0.4, 0.5) is 4.79 Å². The molecule has 2 amide bonds. The molecule has 0 fully saturated rings. The fourth-order valence-corrected chi connectivity index (χ4v) is 3.27. The van der Waals surface area contributed by atoms with Gasteiger partial charge in [-0.2, -0.15) is 0 Å². The summed E-state index contributed by atoms with van der Waals surface area (Å²) in [5, 5.41) is 18.6. The van der Waals surface area contributed by atoms with Crippen molar-refractivity contribution in [3.8, 4) is 5.75 Å². The van der Waals surface area contributed by atoms with Gasteiger partial charge in [0.05, 0.1) is 6.54 Å². The van der Waals surface area contributed by atoms with Crippen molar-refractivity contribution in [1.29, 1.82) is 0 Å². The van der Waals surface area contributed by atoms with E-state index in [0.29, 0.717) is 11.0 Å². The van der Waals surface area contributed by atoms with Crippen LogP contribution in [0.2, 0.25) is 0 Å². The van der Waals surface area contributed by atoms with E-state index in [2.05, 4.69) is 31.7 Å². The van der Waals surface area contributed by atoms with E-state index in [1.54, 1.807) is 12.1 Å². The van der Waals surface area contributed by atoms with Gasteiger partial charge in [-0.25, -0.2) is 4.79 Å². The minimum atomic E-state index is -0.858. The molecule has 0 spiro atoms. The highest BCUT2D eigenvalue weighted by Gasteiger charge is 2.25. The lowest BCUT2D eigenvalue weighted by Crippen LogP contribution is -2.49. The van der Waals surface area contributed by atoms with Crippen LogP contribution in [-0.2, 0) is 27.4 Å². The third-order valence-corrected chi connectivity index (χ3v) is 4.87. The van der Waals surface area contributed by atoms with E-state index in [9.17, 15) is 14.7 Å². The summed E-state index contributed by atoms with van der Waals surface area (Å²) in [6.07, 6.45) is -0.156. The van der Waals surface area contributed by atoms with Gasteiger partial charge in [0.25, 0.3) is 0 Å². The van der Waals surface area contributed by atoms with Crippen LogP contribution >= 0.6 is 15.9 Å². The first-order valence-electron chi connectivity index (χ1n) is 9.40. The Balaban J connectivity index is 1.58. The Morgan fingerprint density at radius 3 is 2.57 bits per heavy atom. The lowest BCUT2D eigenvalue weighted by Gasteiger charge is -2.19. The summed E-state index contributed by atoms with van der Waals surface area (Å²) in [6.45, 7) is 0.353. The van der Waals surface area contributed by atoms with Gasteiger partial charge in [0.1, 0.15) is 23.0 Å². The number of halogens is 1. The van der Waals surface area contributed by atoms with Gasteiger partial charge in [-0.1, -0.05) is 47.6 Å².